The number of aliphatic carboxylic acids is 1. The summed E-state index contributed by atoms with van der Waals surface area (Å²) in [6.07, 6.45) is 3.06. The highest BCUT2D eigenvalue weighted by molar-refractivity contribution is 7.92. The van der Waals surface area contributed by atoms with Crippen LogP contribution in [0.2, 0.25) is 0 Å². The molecule has 2 N–H and O–H groups in total. The Morgan fingerprint density at radius 2 is 1.79 bits per heavy atom. The lowest BCUT2D eigenvalue weighted by Gasteiger charge is -2.36. The first-order valence-corrected chi connectivity index (χ1v) is 8.28. The van der Waals surface area contributed by atoms with Crippen LogP contribution in [0.1, 0.15) is 39.5 Å². The molecule has 1 amide bonds. The van der Waals surface area contributed by atoms with E-state index in [1.807, 2.05) is 6.92 Å². The first kappa shape index (κ1) is 15.9. The van der Waals surface area contributed by atoms with Crippen LogP contribution in [0.5, 0.6) is 0 Å². The van der Waals surface area contributed by atoms with Gasteiger partial charge in [0.2, 0.25) is 5.91 Å². The molecule has 0 spiro atoms. The van der Waals surface area contributed by atoms with Crippen LogP contribution >= 0.6 is 0 Å². The molecule has 1 aliphatic rings. The quantitative estimate of drug-likeness (QED) is 0.788. The van der Waals surface area contributed by atoms with Crippen LogP contribution in [0.25, 0.3) is 0 Å². The number of amides is 1. The van der Waals surface area contributed by atoms with E-state index in [-0.39, 0.29) is 0 Å². The Bertz CT molecular complexity index is 463. The number of carbonyl (C=O) groups is 2. The topological polar surface area (TPSA) is 101 Å². The van der Waals surface area contributed by atoms with E-state index in [0.29, 0.717) is 31.6 Å². The number of hydrogen-bond acceptors (Lipinski definition) is 4. The van der Waals surface area contributed by atoms with Crippen molar-refractivity contribution in [2.45, 2.75) is 50.3 Å². The molecule has 0 aromatic carbocycles. The van der Waals surface area contributed by atoms with E-state index in [4.69, 9.17) is 0 Å². The van der Waals surface area contributed by atoms with Gasteiger partial charge in [0.1, 0.15) is 10.8 Å². The van der Waals surface area contributed by atoms with Gasteiger partial charge in [-0.05, 0) is 38.5 Å². The molecule has 0 heterocycles. The number of sulfone groups is 1. The first-order chi connectivity index (χ1) is 8.58. The molecule has 110 valence electrons. The van der Waals surface area contributed by atoms with E-state index in [1.165, 1.54) is 6.92 Å². The van der Waals surface area contributed by atoms with E-state index in [1.54, 1.807) is 0 Å². The fraction of sp³-hybridized carbons (Fsp3) is 0.833. The van der Waals surface area contributed by atoms with Crippen molar-refractivity contribution in [3.05, 3.63) is 0 Å². The molecule has 6 nitrogen and oxygen atoms in total. The number of nitrogens with one attached hydrogen (secondary N) is 1. The molecule has 1 aliphatic carbocycles. The summed E-state index contributed by atoms with van der Waals surface area (Å²) in [5, 5.41) is 10.6. The molecular weight excluding hydrogens is 270 g/mol. The summed E-state index contributed by atoms with van der Waals surface area (Å²) in [6, 6.07) is 0. The maximum Gasteiger partial charge on any atom is 0.329 e. The zero-order valence-electron chi connectivity index (χ0n) is 11.5. The number of rotatable bonds is 4. The second-order valence-corrected chi connectivity index (χ2v) is 7.90. The van der Waals surface area contributed by atoms with Crippen LogP contribution in [-0.4, -0.2) is 42.4 Å². The van der Waals surface area contributed by atoms with Crippen molar-refractivity contribution < 1.29 is 23.1 Å². The van der Waals surface area contributed by atoms with E-state index >= 15 is 0 Å². The van der Waals surface area contributed by atoms with Crippen molar-refractivity contribution in [3.8, 4) is 0 Å². The largest absolute Gasteiger partial charge is 0.480 e. The predicted molar refractivity (Wildman–Crippen MR) is 70.4 cm³/mol. The second-order valence-electron chi connectivity index (χ2n) is 5.53. The average molecular weight is 291 g/mol. The number of carboxylic acid groups (broad SMARTS) is 1. The Kier molecular flexibility index (Phi) is 4.60. The molecule has 0 aromatic heterocycles. The number of carbonyl (C=O) groups excluding carboxylic acids is 1. The van der Waals surface area contributed by atoms with Gasteiger partial charge in [0, 0.05) is 6.26 Å². The minimum absolute atomic E-state index is 0.339. The van der Waals surface area contributed by atoms with Crippen molar-refractivity contribution in [2.24, 2.45) is 5.92 Å². The summed E-state index contributed by atoms with van der Waals surface area (Å²) in [6.45, 7) is 3.30. The maximum atomic E-state index is 11.9. The van der Waals surface area contributed by atoms with Crippen LogP contribution in [0.3, 0.4) is 0 Å². The minimum atomic E-state index is -3.52. The fourth-order valence-corrected chi connectivity index (χ4v) is 2.63. The van der Waals surface area contributed by atoms with Gasteiger partial charge in [-0.15, -0.1) is 0 Å². The summed E-state index contributed by atoms with van der Waals surface area (Å²) in [7, 11) is -3.52. The first-order valence-electron chi connectivity index (χ1n) is 6.33. The third-order valence-corrected chi connectivity index (χ3v) is 5.41. The molecule has 0 radical (unpaired) electrons. The highest BCUT2D eigenvalue weighted by Gasteiger charge is 2.43. The van der Waals surface area contributed by atoms with Gasteiger partial charge in [0.25, 0.3) is 0 Å². The van der Waals surface area contributed by atoms with Gasteiger partial charge >= 0.3 is 5.97 Å². The van der Waals surface area contributed by atoms with Crippen molar-refractivity contribution in [2.75, 3.05) is 6.26 Å². The van der Waals surface area contributed by atoms with E-state index < -0.39 is 32.5 Å². The van der Waals surface area contributed by atoms with Crippen molar-refractivity contribution in [3.63, 3.8) is 0 Å². The molecule has 1 unspecified atom stereocenters. The predicted octanol–water partition coefficient (Wildman–Crippen LogP) is 0.569. The molecule has 0 bridgehead atoms. The van der Waals surface area contributed by atoms with Gasteiger partial charge in [0.15, 0.2) is 9.84 Å². The van der Waals surface area contributed by atoms with Gasteiger partial charge < -0.3 is 10.4 Å². The highest BCUT2D eigenvalue weighted by atomic mass is 32.2. The SMILES string of the molecule is CC1CCC(NC(=O)C(C)S(C)(=O)=O)(C(=O)O)CC1. The summed E-state index contributed by atoms with van der Waals surface area (Å²) in [5.74, 6) is -1.40. The molecule has 19 heavy (non-hydrogen) atoms. The van der Waals surface area contributed by atoms with E-state index in [2.05, 4.69) is 5.32 Å². The van der Waals surface area contributed by atoms with Crippen LogP contribution in [-0.2, 0) is 19.4 Å². The van der Waals surface area contributed by atoms with Crippen LogP contribution < -0.4 is 5.32 Å². The Balaban J connectivity index is 2.86. The molecule has 1 fully saturated rings. The monoisotopic (exact) mass is 291 g/mol. The normalized spacial score (nSPS) is 29.5. The summed E-state index contributed by atoms with van der Waals surface area (Å²) in [5.41, 5.74) is -1.32. The molecule has 1 atom stereocenters. The van der Waals surface area contributed by atoms with Crippen molar-refractivity contribution in [1.82, 2.24) is 5.32 Å². The van der Waals surface area contributed by atoms with Gasteiger partial charge in [0.05, 0.1) is 0 Å². The van der Waals surface area contributed by atoms with Crippen LogP contribution in [0.4, 0.5) is 0 Å². The third-order valence-electron chi connectivity index (χ3n) is 3.91. The van der Waals surface area contributed by atoms with Crippen LogP contribution in [0, 0.1) is 5.92 Å². The molecule has 0 aromatic rings. The Morgan fingerprint density at radius 3 is 2.16 bits per heavy atom. The average Bonchev–Trinajstić information content (AvgIpc) is 2.29. The van der Waals surface area contributed by atoms with Crippen molar-refractivity contribution in [1.29, 1.82) is 0 Å². The lowest BCUT2D eigenvalue weighted by Crippen LogP contribution is -2.58. The maximum absolute atomic E-state index is 11.9. The number of hydrogen-bond donors (Lipinski definition) is 2. The lowest BCUT2D eigenvalue weighted by atomic mass is 9.77. The standard InChI is InChI=1S/C12H21NO5S/c1-8-4-6-12(7-5-8,11(15)16)13-10(14)9(2)19(3,17)18/h8-9H,4-7H2,1-3H3,(H,13,14)(H,15,16). The second kappa shape index (κ2) is 5.48. The van der Waals surface area contributed by atoms with Gasteiger partial charge in [-0.2, -0.15) is 0 Å². The van der Waals surface area contributed by atoms with E-state index in [9.17, 15) is 23.1 Å². The summed E-state index contributed by atoms with van der Waals surface area (Å²) < 4.78 is 22.7. The lowest BCUT2D eigenvalue weighted by molar-refractivity contribution is -0.149. The molecule has 7 heteroatoms. The molecule has 1 saturated carbocycles. The molecule has 0 aliphatic heterocycles. The zero-order valence-corrected chi connectivity index (χ0v) is 12.3. The fourth-order valence-electron chi connectivity index (χ4n) is 2.18. The summed E-state index contributed by atoms with van der Waals surface area (Å²) >= 11 is 0. The molecular formula is C12H21NO5S. The Morgan fingerprint density at radius 1 is 1.32 bits per heavy atom. The van der Waals surface area contributed by atoms with Gasteiger partial charge in [-0.1, -0.05) is 6.92 Å². The Labute approximate surface area is 113 Å². The third kappa shape index (κ3) is 3.68. The van der Waals surface area contributed by atoms with Gasteiger partial charge in [-0.3, -0.25) is 4.79 Å². The van der Waals surface area contributed by atoms with Gasteiger partial charge in [-0.25, -0.2) is 13.2 Å². The smallest absolute Gasteiger partial charge is 0.329 e. The number of carboxylic acids is 1. The Hall–Kier alpha value is -1.11. The zero-order chi connectivity index (χ0) is 14.8. The summed E-state index contributed by atoms with van der Waals surface area (Å²) in [4.78, 5) is 23.3. The minimum Gasteiger partial charge on any atom is -0.480 e. The van der Waals surface area contributed by atoms with Crippen molar-refractivity contribution >= 4 is 21.7 Å². The van der Waals surface area contributed by atoms with Crippen LogP contribution in [0.15, 0.2) is 0 Å². The highest BCUT2D eigenvalue weighted by Crippen LogP contribution is 2.32. The van der Waals surface area contributed by atoms with E-state index in [0.717, 1.165) is 6.26 Å². The molecule has 0 saturated heterocycles. The molecule has 1 rings (SSSR count).